The third kappa shape index (κ3) is 3.01. The second-order valence-electron chi connectivity index (χ2n) is 4.62. The number of rotatable bonds is 3. The Morgan fingerprint density at radius 3 is 2.13 bits per heavy atom. The van der Waals surface area contributed by atoms with Crippen LogP contribution in [0.3, 0.4) is 0 Å². The van der Waals surface area contributed by atoms with Gasteiger partial charge in [0.15, 0.2) is 5.78 Å². The van der Waals surface area contributed by atoms with Gasteiger partial charge in [0, 0.05) is 5.56 Å². The number of ketones is 1. The Kier molecular flexibility index (Phi) is 3.40. The Hall–Kier alpha value is -1.44. The smallest absolute Gasteiger partial charge is 0.169 e. The summed E-state index contributed by atoms with van der Waals surface area (Å²) in [4.78, 5) is 21.6. The van der Waals surface area contributed by atoms with Gasteiger partial charge in [-0.25, -0.2) is 0 Å². The molecule has 0 amide bonds. The number of aldehydes is 1. The molecule has 0 N–H and O–H groups in total. The zero-order chi connectivity index (χ0) is 11.5. The molecule has 0 aliphatic carbocycles. The van der Waals surface area contributed by atoms with Gasteiger partial charge in [0.25, 0.3) is 0 Å². The zero-order valence-corrected chi connectivity index (χ0v) is 9.41. The maximum atomic E-state index is 11.4. The summed E-state index contributed by atoms with van der Waals surface area (Å²) in [6.07, 6.45) is 0.606. The van der Waals surface area contributed by atoms with Gasteiger partial charge >= 0.3 is 0 Å². The topological polar surface area (TPSA) is 34.1 Å². The molecular formula is C13H16O2. The van der Waals surface area contributed by atoms with Crippen LogP contribution in [0, 0.1) is 0 Å². The molecule has 0 heterocycles. The van der Waals surface area contributed by atoms with E-state index in [4.69, 9.17) is 0 Å². The minimum atomic E-state index is -0.120. The highest BCUT2D eigenvalue weighted by Crippen LogP contribution is 2.22. The van der Waals surface area contributed by atoms with Crippen molar-refractivity contribution < 1.29 is 9.59 Å². The van der Waals surface area contributed by atoms with Crippen molar-refractivity contribution in [2.45, 2.75) is 32.6 Å². The van der Waals surface area contributed by atoms with Crippen LogP contribution in [0.2, 0.25) is 0 Å². The Balaban J connectivity index is 2.90. The monoisotopic (exact) mass is 204 g/mol. The molecule has 0 unspecified atom stereocenters. The number of hydrogen-bond donors (Lipinski definition) is 0. The number of carbonyl (C=O) groups excluding carboxylic acids is 2. The highest BCUT2D eigenvalue weighted by molar-refractivity contribution is 6.02. The normalized spacial score (nSPS) is 11.1. The van der Waals surface area contributed by atoms with Crippen LogP contribution >= 0.6 is 0 Å². The second-order valence-corrected chi connectivity index (χ2v) is 4.62. The lowest BCUT2D eigenvalue weighted by molar-refractivity contribution is -0.107. The first kappa shape index (κ1) is 11.6. The van der Waals surface area contributed by atoms with E-state index >= 15 is 0 Å². The van der Waals surface area contributed by atoms with Crippen LogP contribution in [-0.4, -0.2) is 12.1 Å². The summed E-state index contributed by atoms with van der Waals surface area (Å²) in [5.74, 6) is -0.120. The average Bonchev–Trinajstić information content (AvgIpc) is 2.17. The van der Waals surface area contributed by atoms with Crippen molar-refractivity contribution in [1.82, 2.24) is 0 Å². The van der Waals surface area contributed by atoms with Crippen LogP contribution in [0.15, 0.2) is 24.3 Å². The molecule has 1 aromatic carbocycles. The molecule has 0 saturated carbocycles. The summed E-state index contributed by atoms with van der Waals surface area (Å²) in [5, 5.41) is 0. The quantitative estimate of drug-likeness (QED) is 0.431. The molecule has 0 aromatic heterocycles. The lowest BCUT2D eigenvalue weighted by Gasteiger charge is -2.18. The van der Waals surface area contributed by atoms with E-state index in [1.807, 2.05) is 12.1 Å². The van der Waals surface area contributed by atoms with Crippen LogP contribution in [0.5, 0.6) is 0 Å². The molecule has 0 bridgehead atoms. The minimum absolute atomic E-state index is 0.0329. The van der Waals surface area contributed by atoms with Crippen LogP contribution in [-0.2, 0) is 10.2 Å². The molecule has 0 spiro atoms. The summed E-state index contributed by atoms with van der Waals surface area (Å²) in [7, 11) is 0. The molecule has 0 aliphatic heterocycles. The maximum absolute atomic E-state index is 11.4. The number of Topliss-reactive ketones (excluding diaryl/α,β-unsaturated/α-hetero) is 1. The molecule has 0 fully saturated rings. The number of carbonyl (C=O) groups is 2. The fraction of sp³-hybridized carbons (Fsp3) is 0.385. The summed E-state index contributed by atoms with van der Waals surface area (Å²) in [6, 6.07) is 7.45. The predicted molar refractivity (Wildman–Crippen MR) is 60.2 cm³/mol. The Labute approximate surface area is 90.3 Å². The van der Waals surface area contributed by atoms with E-state index in [2.05, 4.69) is 20.8 Å². The van der Waals surface area contributed by atoms with E-state index in [0.29, 0.717) is 11.8 Å². The Morgan fingerprint density at radius 2 is 1.73 bits per heavy atom. The van der Waals surface area contributed by atoms with Gasteiger partial charge in [-0.15, -0.1) is 0 Å². The highest BCUT2D eigenvalue weighted by atomic mass is 16.1. The SMILES string of the molecule is CC(C)(C)c1ccc(C(=O)CC=O)cc1. The third-order valence-corrected chi connectivity index (χ3v) is 2.34. The van der Waals surface area contributed by atoms with Crippen molar-refractivity contribution in [1.29, 1.82) is 0 Å². The van der Waals surface area contributed by atoms with Gasteiger partial charge < -0.3 is 4.79 Å². The van der Waals surface area contributed by atoms with Crippen LogP contribution < -0.4 is 0 Å². The van der Waals surface area contributed by atoms with Crippen molar-refractivity contribution >= 4 is 12.1 Å². The van der Waals surface area contributed by atoms with Crippen LogP contribution in [0.4, 0.5) is 0 Å². The molecule has 0 radical (unpaired) electrons. The first-order valence-electron chi connectivity index (χ1n) is 5.02. The van der Waals surface area contributed by atoms with E-state index in [1.54, 1.807) is 12.1 Å². The van der Waals surface area contributed by atoms with Crippen molar-refractivity contribution in [2.24, 2.45) is 0 Å². The minimum Gasteiger partial charge on any atom is -0.303 e. The van der Waals surface area contributed by atoms with Gasteiger partial charge in [-0.3, -0.25) is 4.79 Å². The fourth-order valence-corrected chi connectivity index (χ4v) is 1.35. The molecule has 1 rings (SSSR count). The fourth-order valence-electron chi connectivity index (χ4n) is 1.35. The first-order chi connectivity index (χ1) is 6.95. The van der Waals surface area contributed by atoms with Gasteiger partial charge in [-0.05, 0) is 11.0 Å². The summed E-state index contributed by atoms with van der Waals surface area (Å²) >= 11 is 0. The third-order valence-electron chi connectivity index (χ3n) is 2.34. The van der Waals surface area contributed by atoms with Crippen molar-refractivity contribution in [3.63, 3.8) is 0 Å². The Morgan fingerprint density at radius 1 is 1.20 bits per heavy atom. The average molecular weight is 204 g/mol. The molecule has 15 heavy (non-hydrogen) atoms. The maximum Gasteiger partial charge on any atom is 0.169 e. The molecule has 1 aromatic rings. The molecule has 2 heteroatoms. The largest absolute Gasteiger partial charge is 0.303 e. The van der Waals surface area contributed by atoms with Gasteiger partial charge in [0.2, 0.25) is 0 Å². The molecule has 0 aliphatic rings. The molecule has 0 atom stereocenters. The lowest BCUT2D eigenvalue weighted by atomic mass is 9.86. The van der Waals surface area contributed by atoms with Crippen molar-refractivity contribution in [2.75, 3.05) is 0 Å². The second kappa shape index (κ2) is 4.39. The first-order valence-corrected chi connectivity index (χ1v) is 5.02. The van der Waals surface area contributed by atoms with E-state index in [0.717, 1.165) is 0 Å². The Bertz CT molecular complexity index is 355. The zero-order valence-electron chi connectivity index (χ0n) is 9.41. The van der Waals surface area contributed by atoms with E-state index in [1.165, 1.54) is 5.56 Å². The van der Waals surface area contributed by atoms with Gasteiger partial charge in [-0.2, -0.15) is 0 Å². The van der Waals surface area contributed by atoms with E-state index < -0.39 is 0 Å². The van der Waals surface area contributed by atoms with Gasteiger partial charge in [-0.1, -0.05) is 45.0 Å². The van der Waals surface area contributed by atoms with Crippen molar-refractivity contribution in [3.05, 3.63) is 35.4 Å². The summed E-state index contributed by atoms with van der Waals surface area (Å²) in [5.41, 5.74) is 1.88. The number of hydrogen-bond acceptors (Lipinski definition) is 2. The molecule has 80 valence electrons. The van der Waals surface area contributed by atoms with Gasteiger partial charge in [0.05, 0.1) is 6.42 Å². The van der Waals surface area contributed by atoms with Crippen LogP contribution in [0.25, 0.3) is 0 Å². The van der Waals surface area contributed by atoms with Crippen LogP contribution in [0.1, 0.15) is 43.1 Å². The highest BCUT2D eigenvalue weighted by Gasteiger charge is 2.13. The number of benzene rings is 1. The lowest BCUT2D eigenvalue weighted by Crippen LogP contribution is -2.11. The summed E-state index contributed by atoms with van der Waals surface area (Å²) in [6.45, 7) is 6.36. The molecule has 2 nitrogen and oxygen atoms in total. The predicted octanol–water partition coefficient (Wildman–Crippen LogP) is 2.76. The van der Waals surface area contributed by atoms with Gasteiger partial charge in [0.1, 0.15) is 6.29 Å². The van der Waals surface area contributed by atoms with E-state index in [-0.39, 0.29) is 17.6 Å². The van der Waals surface area contributed by atoms with Crippen molar-refractivity contribution in [3.8, 4) is 0 Å². The standard InChI is InChI=1S/C13H16O2/c1-13(2,3)11-6-4-10(5-7-11)12(15)8-9-14/h4-7,9H,8H2,1-3H3. The van der Waals surface area contributed by atoms with E-state index in [9.17, 15) is 9.59 Å². The molecular weight excluding hydrogens is 188 g/mol. The molecule has 0 saturated heterocycles. The summed E-state index contributed by atoms with van der Waals surface area (Å²) < 4.78 is 0.